The van der Waals surface area contributed by atoms with Crippen LogP contribution in [0.15, 0.2) is 23.9 Å². The number of fused-ring (bicyclic) bond motifs is 1. The molecule has 0 aromatic heterocycles. The number of alkyl halides is 1. The molecule has 1 unspecified atom stereocenters. The Labute approximate surface area is 165 Å². The summed E-state index contributed by atoms with van der Waals surface area (Å²) in [6, 6.07) is 1.54. The van der Waals surface area contributed by atoms with Gasteiger partial charge >= 0.3 is 5.97 Å². The van der Waals surface area contributed by atoms with Gasteiger partial charge in [0.2, 0.25) is 11.6 Å². The molecular weight excluding hydrogens is 384 g/mol. The first-order valence-electron chi connectivity index (χ1n) is 9.77. The van der Waals surface area contributed by atoms with Crippen LogP contribution in [0, 0.1) is 16.9 Å². The molecule has 4 atom stereocenters. The van der Waals surface area contributed by atoms with Crippen molar-refractivity contribution in [1.29, 1.82) is 0 Å². The first-order chi connectivity index (χ1) is 13.7. The van der Waals surface area contributed by atoms with E-state index in [1.54, 1.807) is 4.90 Å². The molecular formula is C20H21F2N3O4. The molecule has 1 saturated heterocycles. The second-order valence-electron chi connectivity index (χ2n) is 8.67. The fraction of sp³-hybridized carbons (Fsp3) is 0.500. The van der Waals surface area contributed by atoms with E-state index < -0.39 is 45.7 Å². The number of rotatable bonds is 4. The molecule has 154 valence electrons. The van der Waals surface area contributed by atoms with Crippen LogP contribution in [0.5, 0.6) is 0 Å². The summed E-state index contributed by atoms with van der Waals surface area (Å²) in [5.74, 6) is -3.17. The Bertz CT molecular complexity index is 977. The summed E-state index contributed by atoms with van der Waals surface area (Å²) in [7, 11) is 0. The van der Waals surface area contributed by atoms with Crippen molar-refractivity contribution in [2.45, 2.75) is 43.4 Å². The van der Waals surface area contributed by atoms with Crippen LogP contribution < -0.4 is 15.3 Å². The van der Waals surface area contributed by atoms with Gasteiger partial charge in [-0.25, -0.2) is 9.18 Å². The van der Waals surface area contributed by atoms with Crippen molar-refractivity contribution in [3.63, 3.8) is 0 Å². The Hall–Kier alpha value is -2.36. The lowest BCUT2D eigenvalue weighted by Gasteiger charge is -2.42. The highest BCUT2D eigenvalue weighted by molar-refractivity contribution is 6.26. The SMILES string of the molecule is NC1([C@@H]2CCN(c3ccc4c(c3F)[N+]([O-])([C@@H]3C[C@H]3F)C=C(C(=O)O)C4=O)C2)CC1. The zero-order valence-corrected chi connectivity index (χ0v) is 15.6. The summed E-state index contributed by atoms with van der Waals surface area (Å²) in [5, 5.41) is 22.8. The third-order valence-electron chi connectivity index (χ3n) is 6.83. The number of anilines is 1. The Kier molecular flexibility index (Phi) is 3.76. The molecule has 2 aliphatic carbocycles. The molecule has 1 aromatic rings. The number of carbonyl (C=O) groups excluding carboxylic acids is 1. The van der Waals surface area contributed by atoms with Gasteiger partial charge in [-0.2, -0.15) is 4.39 Å². The average Bonchev–Trinajstić information content (AvgIpc) is 3.54. The smallest absolute Gasteiger partial charge is 0.345 e. The molecule has 3 fully saturated rings. The molecule has 1 aromatic carbocycles. The van der Waals surface area contributed by atoms with E-state index >= 15 is 4.39 Å². The van der Waals surface area contributed by atoms with Crippen LogP contribution in [0.25, 0.3) is 0 Å². The van der Waals surface area contributed by atoms with Gasteiger partial charge in [0.15, 0.2) is 17.4 Å². The molecule has 0 radical (unpaired) electrons. The van der Waals surface area contributed by atoms with Crippen LogP contribution in [0.2, 0.25) is 0 Å². The molecule has 5 rings (SSSR count). The number of nitrogens with zero attached hydrogens (tertiary/aromatic N) is 2. The lowest BCUT2D eigenvalue weighted by molar-refractivity contribution is -0.132. The Morgan fingerprint density at radius 1 is 1.38 bits per heavy atom. The van der Waals surface area contributed by atoms with Crippen molar-refractivity contribution >= 4 is 23.1 Å². The van der Waals surface area contributed by atoms with Crippen molar-refractivity contribution in [3.8, 4) is 0 Å². The molecule has 2 aliphatic heterocycles. The van der Waals surface area contributed by atoms with Gasteiger partial charge in [-0.1, -0.05) is 0 Å². The number of halogens is 2. The second-order valence-corrected chi connectivity index (χ2v) is 8.67. The zero-order valence-electron chi connectivity index (χ0n) is 15.6. The van der Waals surface area contributed by atoms with E-state index in [1.807, 2.05) is 0 Å². The number of aliphatic carboxylic acids is 1. The van der Waals surface area contributed by atoms with Gasteiger partial charge in [0, 0.05) is 25.0 Å². The number of hydrogen-bond donors (Lipinski definition) is 2. The predicted octanol–water partition coefficient (Wildman–Crippen LogP) is 2.22. The van der Waals surface area contributed by atoms with Gasteiger partial charge in [0.25, 0.3) is 0 Å². The number of benzene rings is 1. The first kappa shape index (κ1) is 18.7. The van der Waals surface area contributed by atoms with Crippen molar-refractivity contribution in [2.75, 3.05) is 18.0 Å². The number of carboxylic acids is 1. The number of ketones is 1. The quantitative estimate of drug-likeness (QED) is 0.452. The summed E-state index contributed by atoms with van der Waals surface area (Å²) >= 11 is 0. The number of Topliss-reactive ketones (excluding diaryl/α,β-unsaturated/α-hetero) is 1. The molecule has 0 spiro atoms. The number of quaternary nitrogens is 1. The number of hydrogen-bond acceptors (Lipinski definition) is 5. The molecule has 29 heavy (non-hydrogen) atoms. The minimum atomic E-state index is -1.60. The predicted molar refractivity (Wildman–Crippen MR) is 101 cm³/mol. The highest BCUT2D eigenvalue weighted by Crippen LogP contribution is 2.50. The van der Waals surface area contributed by atoms with Gasteiger partial charge in [0.1, 0.15) is 12.2 Å². The molecule has 2 heterocycles. The number of carbonyl (C=O) groups is 2. The third-order valence-corrected chi connectivity index (χ3v) is 6.83. The standard InChI is InChI=1S/C20H21F2N3O4/c21-13-7-15(13)25(29)9-12(19(27)28)18(26)11-1-2-14(16(22)17(11)25)24-6-3-10(8-24)20(23)4-5-20/h1-2,9-10,13,15H,3-8,23H2,(H,27,28)/t10-,13-,15-,25?/m1/s1. The lowest BCUT2D eigenvalue weighted by Crippen LogP contribution is -2.47. The van der Waals surface area contributed by atoms with E-state index in [9.17, 15) is 24.3 Å². The number of carboxylic acid groups (broad SMARTS) is 1. The van der Waals surface area contributed by atoms with E-state index in [-0.39, 0.29) is 29.1 Å². The molecule has 0 bridgehead atoms. The average molecular weight is 405 g/mol. The highest BCUT2D eigenvalue weighted by atomic mass is 19.1. The van der Waals surface area contributed by atoms with E-state index in [0.29, 0.717) is 19.3 Å². The Morgan fingerprint density at radius 2 is 2.07 bits per heavy atom. The van der Waals surface area contributed by atoms with Gasteiger partial charge in [-0.05, 0) is 37.3 Å². The number of hydroxylamine groups is 2. The fourth-order valence-corrected chi connectivity index (χ4v) is 4.75. The summed E-state index contributed by atoms with van der Waals surface area (Å²) in [4.78, 5) is 25.8. The van der Waals surface area contributed by atoms with Crippen molar-refractivity contribution < 1.29 is 23.5 Å². The van der Waals surface area contributed by atoms with Crippen molar-refractivity contribution in [1.82, 2.24) is 4.65 Å². The van der Waals surface area contributed by atoms with Gasteiger partial charge in [0.05, 0.1) is 11.3 Å². The van der Waals surface area contributed by atoms with Gasteiger partial charge in [-0.15, -0.1) is 0 Å². The maximum Gasteiger partial charge on any atom is 0.345 e. The van der Waals surface area contributed by atoms with E-state index in [0.717, 1.165) is 19.3 Å². The molecule has 4 aliphatic rings. The molecule has 3 N–H and O–H groups in total. The second kappa shape index (κ2) is 5.84. The van der Waals surface area contributed by atoms with Crippen molar-refractivity contribution in [3.05, 3.63) is 40.5 Å². The summed E-state index contributed by atoms with van der Waals surface area (Å²) in [6.07, 6.45) is 1.76. The summed E-state index contributed by atoms with van der Waals surface area (Å²) < 4.78 is 27.8. The van der Waals surface area contributed by atoms with Gasteiger partial charge < -0.3 is 20.9 Å². The molecule has 7 nitrogen and oxygen atoms in total. The van der Waals surface area contributed by atoms with Crippen LogP contribution in [0.4, 0.5) is 20.2 Å². The van der Waals surface area contributed by atoms with Crippen molar-refractivity contribution in [2.24, 2.45) is 11.7 Å². The van der Waals surface area contributed by atoms with Crippen LogP contribution in [0.1, 0.15) is 36.0 Å². The molecule has 0 amide bonds. The van der Waals surface area contributed by atoms with Crippen LogP contribution in [-0.4, -0.2) is 47.7 Å². The molecule has 2 saturated carbocycles. The highest BCUT2D eigenvalue weighted by Gasteiger charge is 2.56. The Balaban J connectivity index is 1.58. The monoisotopic (exact) mass is 405 g/mol. The molecule has 9 heteroatoms. The van der Waals surface area contributed by atoms with E-state index in [2.05, 4.69) is 0 Å². The number of nitrogens with two attached hydrogens (primary N) is 1. The van der Waals surface area contributed by atoms with E-state index in [1.165, 1.54) is 12.1 Å². The largest absolute Gasteiger partial charge is 0.622 e. The summed E-state index contributed by atoms with van der Waals surface area (Å²) in [5.41, 5.74) is 4.70. The topological polar surface area (TPSA) is 107 Å². The first-order valence-corrected chi connectivity index (χ1v) is 9.77. The van der Waals surface area contributed by atoms with Crippen LogP contribution in [0.3, 0.4) is 0 Å². The normalized spacial score (nSPS) is 34.6. The summed E-state index contributed by atoms with van der Waals surface area (Å²) in [6.45, 7) is 1.11. The maximum absolute atomic E-state index is 15.6. The van der Waals surface area contributed by atoms with E-state index in [4.69, 9.17) is 5.73 Å². The lowest BCUT2D eigenvalue weighted by atomic mass is 9.96. The Morgan fingerprint density at radius 3 is 2.66 bits per heavy atom. The zero-order chi connectivity index (χ0) is 20.7. The minimum absolute atomic E-state index is 0.105. The van der Waals surface area contributed by atoms with Crippen LogP contribution >= 0.6 is 0 Å². The third kappa shape index (κ3) is 2.64. The minimum Gasteiger partial charge on any atom is -0.622 e. The van der Waals surface area contributed by atoms with Crippen LogP contribution in [-0.2, 0) is 4.79 Å². The fourth-order valence-electron chi connectivity index (χ4n) is 4.75. The van der Waals surface area contributed by atoms with Gasteiger partial charge in [-0.3, -0.25) is 9.44 Å². The maximum atomic E-state index is 15.6.